The Morgan fingerprint density at radius 1 is 1.53 bits per heavy atom. The summed E-state index contributed by atoms with van der Waals surface area (Å²) in [5.41, 5.74) is -0.749. The summed E-state index contributed by atoms with van der Waals surface area (Å²) in [4.78, 5) is 20.0. The first-order valence-corrected chi connectivity index (χ1v) is 6.30. The Hall–Kier alpha value is -2.20. The molecule has 0 amide bonds. The Morgan fingerprint density at radius 3 is 2.68 bits per heavy atom. The Balaban J connectivity index is 3.05. The molecule has 0 saturated heterocycles. The molecule has 19 heavy (non-hydrogen) atoms. The summed E-state index contributed by atoms with van der Waals surface area (Å²) in [6, 6.07) is 2.54. The molecule has 0 bridgehead atoms. The van der Waals surface area contributed by atoms with Crippen molar-refractivity contribution in [1.29, 1.82) is 0 Å². The third kappa shape index (κ3) is 3.63. The van der Waals surface area contributed by atoms with Crippen LogP contribution in [0.25, 0.3) is 0 Å². The second-order valence-corrected chi connectivity index (χ2v) is 5.08. The highest BCUT2D eigenvalue weighted by molar-refractivity contribution is 7.89. The number of sulfonamides is 1. The van der Waals surface area contributed by atoms with Crippen molar-refractivity contribution in [2.45, 2.75) is 4.90 Å². The Kier molecular flexibility index (Phi) is 4.40. The lowest BCUT2D eigenvalue weighted by Crippen LogP contribution is -2.30. The number of nitrogens with one attached hydrogen (secondary N) is 1. The molecule has 0 spiro atoms. The molecule has 104 valence electrons. The van der Waals surface area contributed by atoms with Crippen LogP contribution in [0.1, 0.15) is 0 Å². The monoisotopic (exact) mass is 290 g/mol. The van der Waals surface area contributed by atoms with Crippen molar-refractivity contribution < 1.29 is 28.0 Å². The third-order valence-electron chi connectivity index (χ3n) is 2.09. The average Bonchev–Trinajstić information content (AvgIpc) is 2.35. The molecule has 0 unspecified atom stereocenters. The highest BCUT2D eigenvalue weighted by Crippen LogP contribution is 2.27. The SMILES string of the molecule is COC(=O)CNS(=O)(=O)c1ccc(O)c([N+](=O)[O-])c1. The van der Waals surface area contributed by atoms with Gasteiger partial charge in [0.25, 0.3) is 0 Å². The minimum Gasteiger partial charge on any atom is -0.502 e. The molecule has 0 aliphatic heterocycles. The lowest BCUT2D eigenvalue weighted by atomic mass is 10.3. The van der Waals surface area contributed by atoms with Crippen LogP contribution in [-0.4, -0.2) is 38.1 Å². The number of benzene rings is 1. The van der Waals surface area contributed by atoms with Gasteiger partial charge in [0.2, 0.25) is 10.0 Å². The van der Waals surface area contributed by atoms with E-state index in [1.165, 1.54) is 0 Å². The van der Waals surface area contributed by atoms with Gasteiger partial charge in [-0.15, -0.1) is 0 Å². The molecule has 10 heteroatoms. The highest BCUT2D eigenvalue weighted by atomic mass is 32.2. The molecule has 0 aromatic heterocycles. The zero-order chi connectivity index (χ0) is 14.6. The summed E-state index contributed by atoms with van der Waals surface area (Å²) in [6.45, 7) is -0.604. The smallest absolute Gasteiger partial charge is 0.320 e. The van der Waals surface area contributed by atoms with Crippen LogP contribution in [0.3, 0.4) is 0 Å². The van der Waals surface area contributed by atoms with E-state index in [9.17, 15) is 28.4 Å². The molecule has 0 radical (unpaired) electrons. The summed E-state index contributed by atoms with van der Waals surface area (Å²) in [6.07, 6.45) is 0. The lowest BCUT2D eigenvalue weighted by molar-refractivity contribution is -0.386. The normalized spacial score (nSPS) is 11.0. The number of nitro benzene ring substituents is 1. The van der Waals surface area contributed by atoms with E-state index in [0.29, 0.717) is 6.07 Å². The molecular formula is C9H10N2O7S. The molecule has 1 rings (SSSR count). The fraction of sp³-hybridized carbons (Fsp3) is 0.222. The molecule has 1 aromatic rings. The van der Waals surface area contributed by atoms with Crippen molar-refractivity contribution in [3.05, 3.63) is 28.3 Å². The minimum absolute atomic E-state index is 0.444. The molecule has 1 aromatic carbocycles. The van der Waals surface area contributed by atoms with Crippen LogP contribution in [0.15, 0.2) is 23.1 Å². The molecule has 0 saturated carbocycles. The van der Waals surface area contributed by atoms with Gasteiger partial charge in [0, 0.05) is 6.07 Å². The van der Waals surface area contributed by atoms with E-state index >= 15 is 0 Å². The van der Waals surface area contributed by atoms with Crippen LogP contribution in [0, 0.1) is 10.1 Å². The predicted molar refractivity (Wildman–Crippen MR) is 62.0 cm³/mol. The van der Waals surface area contributed by atoms with Gasteiger partial charge in [-0.05, 0) is 12.1 Å². The first-order valence-electron chi connectivity index (χ1n) is 4.82. The van der Waals surface area contributed by atoms with E-state index < -0.39 is 43.8 Å². The van der Waals surface area contributed by atoms with Crippen LogP contribution in [0.4, 0.5) is 5.69 Å². The second kappa shape index (κ2) is 5.63. The number of rotatable bonds is 5. The number of carbonyl (C=O) groups excluding carboxylic acids is 1. The van der Waals surface area contributed by atoms with Crippen molar-refractivity contribution >= 4 is 21.7 Å². The number of methoxy groups -OCH3 is 1. The summed E-state index contributed by atoms with van der Waals surface area (Å²) >= 11 is 0. The van der Waals surface area contributed by atoms with Crippen molar-refractivity contribution in [2.24, 2.45) is 0 Å². The van der Waals surface area contributed by atoms with Gasteiger partial charge in [-0.2, -0.15) is 4.72 Å². The van der Waals surface area contributed by atoms with Crippen molar-refractivity contribution in [3.63, 3.8) is 0 Å². The molecule has 0 fully saturated rings. The van der Waals surface area contributed by atoms with Crippen molar-refractivity contribution in [2.75, 3.05) is 13.7 Å². The lowest BCUT2D eigenvalue weighted by Gasteiger charge is -2.06. The van der Waals surface area contributed by atoms with E-state index in [4.69, 9.17) is 0 Å². The van der Waals surface area contributed by atoms with Crippen molar-refractivity contribution in [3.8, 4) is 5.75 Å². The van der Waals surface area contributed by atoms with Gasteiger partial charge >= 0.3 is 11.7 Å². The number of nitro groups is 1. The summed E-state index contributed by atoms with van der Waals surface area (Å²) in [5, 5.41) is 19.8. The number of esters is 1. The zero-order valence-electron chi connectivity index (χ0n) is 9.69. The van der Waals surface area contributed by atoms with Crippen LogP contribution in [0.5, 0.6) is 5.75 Å². The van der Waals surface area contributed by atoms with Gasteiger partial charge in [-0.3, -0.25) is 14.9 Å². The zero-order valence-corrected chi connectivity index (χ0v) is 10.5. The van der Waals surface area contributed by atoms with Gasteiger partial charge in [0.05, 0.1) is 16.9 Å². The summed E-state index contributed by atoms with van der Waals surface area (Å²) in [7, 11) is -3.02. The van der Waals surface area contributed by atoms with Gasteiger partial charge in [0.1, 0.15) is 6.54 Å². The number of nitrogens with zero attached hydrogens (tertiary/aromatic N) is 1. The van der Waals surface area contributed by atoms with Gasteiger partial charge in [-0.25, -0.2) is 8.42 Å². The van der Waals surface area contributed by atoms with E-state index in [-0.39, 0.29) is 0 Å². The number of aromatic hydroxyl groups is 1. The van der Waals surface area contributed by atoms with E-state index in [1.807, 2.05) is 4.72 Å². The van der Waals surface area contributed by atoms with Gasteiger partial charge < -0.3 is 9.84 Å². The maximum absolute atomic E-state index is 11.7. The predicted octanol–water partition coefficient (Wildman–Crippen LogP) is -0.248. The number of carbonyl (C=O) groups is 1. The number of hydrogen-bond acceptors (Lipinski definition) is 7. The molecule has 2 N–H and O–H groups in total. The van der Waals surface area contributed by atoms with Crippen LogP contribution in [0.2, 0.25) is 0 Å². The molecule has 9 nitrogen and oxygen atoms in total. The first kappa shape index (κ1) is 14.9. The van der Waals surface area contributed by atoms with E-state index in [2.05, 4.69) is 4.74 Å². The van der Waals surface area contributed by atoms with Gasteiger partial charge in [-0.1, -0.05) is 0 Å². The second-order valence-electron chi connectivity index (χ2n) is 3.31. The number of ether oxygens (including phenoxy) is 1. The molecule has 0 aliphatic rings. The Labute approximate surface area is 108 Å². The fourth-order valence-corrected chi connectivity index (χ4v) is 2.11. The standard InChI is InChI=1S/C9H10N2O7S/c1-18-9(13)5-10-19(16,17)6-2-3-8(12)7(4-6)11(14)15/h2-4,10,12H,5H2,1H3. The van der Waals surface area contributed by atoms with Crippen LogP contribution >= 0.6 is 0 Å². The van der Waals surface area contributed by atoms with E-state index in [0.717, 1.165) is 19.2 Å². The molecule has 0 heterocycles. The van der Waals surface area contributed by atoms with Crippen LogP contribution in [-0.2, 0) is 19.6 Å². The number of hydrogen-bond donors (Lipinski definition) is 2. The fourth-order valence-electron chi connectivity index (χ4n) is 1.13. The molecule has 0 aliphatic carbocycles. The quantitative estimate of drug-likeness (QED) is 0.433. The highest BCUT2D eigenvalue weighted by Gasteiger charge is 2.21. The first-order chi connectivity index (χ1) is 8.77. The third-order valence-corrected chi connectivity index (χ3v) is 3.49. The van der Waals surface area contributed by atoms with Gasteiger partial charge in [0.15, 0.2) is 5.75 Å². The maximum Gasteiger partial charge on any atom is 0.320 e. The summed E-state index contributed by atoms with van der Waals surface area (Å²) < 4.78 is 29.6. The largest absolute Gasteiger partial charge is 0.502 e. The number of phenols is 1. The van der Waals surface area contributed by atoms with E-state index in [1.54, 1.807) is 0 Å². The number of phenolic OH excluding ortho intramolecular Hbond substituents is 1. The average molecular weight is 290 g/mol. The molecular weight excluding hydrogens is 280 g/mol. The topological polar surface area (TPSA) is 136 Å². The Morgan fingerprint density at radius 2 is 2.16 bits per heavy atom. The van der Waals surface area contributed by atoms with Crippen LogP contribution < -0.4 is 4.72 Å². The van der Waals surface area contributed by atoms with Crippen molar-refractivity contribution in [1.82, 2.24) is 4.72 Å². The minimum atomic E-state index is -4.10. The summed E-state index contributed by atoms with van der Waals surface area (Å²) in [5.74, 6) is -1.46. The Bertz CT molecular complexity index is 611. The maximum atomic E-state index is 11.7. The molecule has 0 atom stereocenters.